The Bertz CT molecular complexity index is 601. The van der Waals surface area contributed by atoms with E-state index in [1.165, 1.54) is 16.8 Å². The monoisotopic (exact) mass is 267 g/mol. The Hall–Kier alpha value is -1.74. The van der Waals surface area contributed by atoms with Crippen LogP contribution < -0.4 is 5.32 Å². The van der Waals surface area contributed by atoms with Gasteiger partial charge in [0.25, 0.3) is 0 Å². The van der Waals surface area contributed by atoms with Gasteiger partial charge in [0.05, 0.1) is 0 Å². The summed E-state index contributed by atoms with van der Waals surface area (Å²) in [6.45, 7) is 4.12. The molecule has 104 valence electrons. The molecule has 2 aromatic rings. The van der Waals surface area contributed by atoms with Crippen LogP contribution in [0.25, 0.3) is 0 Å². The third-order valence-electron chi connectivity index (χ3n) is 4.18. The molecule has 0 radical (unpaired) electrons. The SMILES string of the molecule is CNC(c1cc(C)nc(C)c1)C1CCc2cccnc21. The van der Waals surface area contributed by atoms with E-state index in [2.05, 4.69) is 47.3 Å². The number of fused-ring (bicyclic) bond motifs is 1. The van der Waals surface area contributed by atoms with Crippen LogP contribution in [0.1, 0.15) is 46.6 Å². The average Bonchev–Trinajstić information content (AvgIpc) is 2.83. The van der Waals surface area contributed by atoms with Gasteiger partial charge in [-0.05, 0) is 63.1 Å². The maximum atomic E-state index is 4.62. The highest BCUT2D eigenvalue weighted by Crippen LogP contribution is 2.40. The summed E-state index contributed by atoms with van der Waals surface area (Å²) in [5.74, 6) is 0.456. The third-order valence-corrected chi connectivity index (χ3v) is 4.18. The van der Waals surface area contributed by atoms with Crippen LogP contribution >= 0.6 is 0 Å². The van der Waals surface area contributed by atoms with Gasteiger partial charge in [-0.2, -0.15) is 0 Å². The molecule has 2 aromatic heterocycles. The van der Waals surface area contributed by atoms with Crippen LogP contribution in [0, 0.1) is 13.8 Å². The Morgan fingerprint density at radius 3 is 2.70 bits per heavy atom. The molecule has 2 atom stereocenters. The fourth-order valence-corrected chi connectivity index (χ4v) is 3.41. The van der Waals surface area contributed by atoms with Crippen LogP contribution in [0.2, 0.25) is 0 Å². The quantitative estimate of drug-likeness (QED) is 0.928. The lowest BCUT2D eigenvalue weighted by atomic mass is 9.90. The fraction of sp³-hybridized carbons (Fsp3) is 0.412. The van der Waals surface area contributed by atoms with Crippen LogP contribution in [0.4, 0.5) is 0 Å². The summed E-state index contributed by atoms with van der Waals surface area (Å²) in [6.07, 6.45) is 4.21. The van der Waals surface area contributed by atoms with E-state index in [0.717, 1.165) is 24.2 Å². The number of hydrogen-bond acceptors (Lipinski definition) is 3. The Labute approximate surface area is 120 Å². The smallest absolute Gasteiger partial charge is 0.0485 e. The van der Waals surface area contributed by atoms with Gasteiger partial charge in [0.1, 0.15) is 0 Å². The standard InChI is InChI=1S/C17H21N3/c1-11-9-14(10-12(2)20-11)16(18-3)15-7-6-13-5-4-8-19-17(13)15/h4-5,8-10,15-16,18H,6-7H2,1-3H3. The van der Waals surface area contributed by atoms with Gasteiger partial charge in [0, 0.05) is 35.2 Å². The molecule has 0 saturated carbocycles. The lowest BCUT2D eigenvalue weighted by Gasteiger charge is -2.24. The highest BCUT2D eigenvalue weighted by Gasteiger charge is 2.31. The molecule has 0 spiro atoms. The first-order valence-electron chi connectivity index (χ1n) is 7.25. The number of aromatic nitrogens is 2. The van der Waals surface area contributed by atoms with Crippen LogP contribution in [0.3, 0.4) is 0 Å². The summed E-state index contributed by atoms with van der Waals surface area (Å²) in [4.78, 5) is 9.10. The van der Waals surface area contributed by atoms with Gasteiger partial charge in [0.15, 0.2) is 0 Å². The van der Waals surface area contributed by atoms with E-state index in [1.54, 1.807) is 0 Å². The Balaban J connectivity index is 1.99. The molecule has 3 rings (SSSR count). The summed E-state index contributed by atoms with van der Waals surface area (Å²) in [5.41, 5.74) is 6.15. The van der Waals surface area contributed by atoms with Crippen molar-refractivity contribution in [3.8, 4) is 0 Å². The van der Waals surface area contributed by atoms with Crippen LogP contribution in [-0.4, -0.2) is 17.0 Å². The van der Waals surface area contributed by atoms with E-state index in [4.69, 9.17) is 0 Å². The topological polar surface area (TPSA) is 37.8 Å². The number of rotatable bonds is 3. The van der Waals surface area contributed by atoms with Crippen LogP contribution in [0.5, 0.6) is 0 Å². The average molecular weight is 267 g/mol. The molecule has 1 aliphatic rings. The van der Waals surface area contributed by atoms with Crippen molar-refractivity contribution in [3.05, 3.63) is 58.7 Å². The molecule has 1 aliphatic carbocycles. The first-order chi connectivity index (χ1) is 9.69. The molecule has 2 unspecified atom stereocenters. The van der Waals surface area contributed by atoms with E-state index < -0.39 is 0 Å². The zero-order valence-electron chi connectivity index (χ0n) is 12.4. The van der Waals surface area contributed by atoms with Crippen molar-refractivity contribution in [2.45, 2.75) is 38.6 Å². The molecule has 2 heterocycles. The predicted octanol–water partition coefficient (Wildman–Crippen LogP) is 3.08. The van der Waals surface area contributed by atoms with E-state index in [-0.39, 0.29) is 0 Å². The second-order valence-electron chi connectivity index (χ2n) is 5.64. The Kier molecular flexibility index (Phi) is 3.53. The first-order valence-corrected chi connectivity index (χ1v) is 7.25. The van der Waals surface area contributed by atoms with E-state index in [9.17, 15) is 0 Å². The minimum Gasteiger partial charge on any atom is -0.312 e. The number of nitrogens with zero attached hydrogens (tertiary/aromatic N) is 2. The van der Waals surface area contributed by atoms with Crippen molar-refractivity contribution >= 4 is 0 Å². The van der Waals surface area contributed by atoms with E-state index >= 15 is 0 Å². The van der Waals surface area contributed by atoms with Gasteiger partial charge in [-0.15, -0.1) is 0 Å². The number of nitrogens with one attached hydrogen (secondary N) is 1. The van der Waals surface area contributed by atoms with Gasteiger partial charge >= 0.3 is 0 Å². The maximum absolute atomic E-state index is 4.62. The Morgan fingerprint density at radius 2 is 2.00 bits per heavy atom. The molecular weight excluding hydrogens is 246 g/mol. The van der Waals surface area contributed by atoms with Crippen LogP contribution in [0.15, 0.2) is 30.5 Å². The normalized spacial score (nSPS) is 18.9. The summed E-state index contributed by atoms with van der Waals surface area (Å²) in [5, 5.41) is 3.49. The van der Waals surface area contributed by atoms with Crippen molar-refractivity contribution in [1.82, 2.24) is 15.3 Å². The molecule has 3 nitrogen and oxygen atoms in total. The first kappa shape index (κ1) is 13.3. The largest absolute Gasteiger partial charge is 0.312 e. The molecular formula is C17H21N3. The van der Waals surface area contributed by atoms with Crippen molar-refractivity contribution in [2.24, 2.45) is 0 Å². The molecule has 20 heavy (non-hydrogen) atoms. The molecule has 0 aliphatic heterocycles. The van der Waals surface area contributed by atoms with Gasteiger partial charge in [-0.1, -0.05) is 6.07 Å². The van der Waals surface area contributed by atoms with Crippen molar-refractivity contribution in [1.29, 1.82) is 0 Å². The molecule has 0 saturated heterocycles. The fourth-order valence-electron chi connectivity index (χ4n) is 3.41. The van der Waals surface area contributed by atoms with Gasteiger partial charge in [-0.3, -0.25) is 9.97 Å². The highest BCUT2D eigenvalue weighted by molar-refractivity contribution is 5.34. The number of aryl methyl sites for hydroxylation is 3. The summed E-state index contributed by atoms with van der Waals surface area (Å²) in [7, 11) is 2.04. The molecule has 3 heteroatoms. The van der Waals surface area contributed by atoms with Crippen molar-refractivity contribution < 1.29 is 0 Å². The van der Waals surface area contributed by atoms with E-state index in [1.807, 2.05) is 19.3 Å². The summed E-state index contributed by atoms with van der Waals surface area (Å²) in [6, 6.07) is 8.94. The molecule has 1 N–H and O–H groups in total. The number of hydrogen-bond donors (Lipinski definition) is 1. The Morgan fingerprint density at radius 1 is 1.25 bits per heavy atom. The van der Waals surface area contributed by atoms with Gasteiger partial charge < -0.3 is 5.32 Å². The van der Waals surface area contributed by atoms with Crippen LogP contribution in [-0.2, 0) is 6.42 Å². The lowest BCUT2D eigenvalue weighted by Crippen LogP contribution is -2.23. The lowest BCUT2D eigenvalue weighted by molar-refractivity contribution is 0.469. The number of likely N-dealkylation sites (N-methyl/N-ethyl adjacent to an activating group) is 1. The van der Waals surface area contributed by atoms with E-state index in [0.29, 0.717) is 12.0 Å². The van der Waals surface area contributed by atoms with Gasteiger partial charge in [0.2, 0.25) is 0 Å². The summed E-state index contributed by atoms with van der Waals surface area (Å²) >= 11 is 0. The zero-order chi connectivity index (χ0) is 14.1. The second kappa shape index (κ2) is 5.33. The molecule has 0 aromatic carbocycles. The number of pyridine rings is 2. The predicted molar refractivity (Wildman–Crippen MR) is 80.8 cm³/mol. The second-order valence-corrected chi connectivity index (χ2v) is 5.64. The van der Waals surface area contributed by atoms with Gasteiger partial charge in [-0.25, -0.2) is 0 Å². The molecule has 0 bridgehead atoms. The third kappa shape index (κ3) is 2.34. The minimum absolute atomic E-state index is 0.312. The summed E-state index contributed by atoms with van der Waals surface area (Å²) < 4.78 is 0. The highest BCUT2D eigenvalue weighted by atomic mass is 14.9. The maximum Gasteiger partial charge on any atom is 0.0485 e. The molecule has 0 amide bonds. The zero-order valence-corrected chi connectivity index (χ0v) is 12.4. The van der Waals surface area contributed by atoms with Crippen molar-refractivity contribution in [3.63, 3.8) is 0 Å². The van der Waals surface area contributed by atoms with Crippen molar-refractivity contribution in [2.75, 3.05) is 7.05 Å². The molecule has 0 fully saturated rings. The minimum atomic E-state index is 0.312.